The van der Waals surface area contributed by atoms with Gasteiger partial charge < -0.3 is 14.3 Å². The number of carbonyl (C=O) groups is 1. The molecule has 0 saturated carbocycles. The van der Waals surface area contributed by atoms with E-state index in [0.717, 1.165) is 19.3 Å². The Balaban J connectivity index is 4.24. The number of hydrogen-bond donors (Lipinski definition) is 1. The molecule has 0 rings (SSSR count). The molecule has 0 bridgehead atoms. The van der Waals surface area contributed by atoms with Crippen LogP contribution in [0.25, 0.3) is 0 Å². The van der Waals surface area contributed by atoms with Gasteiger partial charge >= 0.3 is 14.2 Å². The number of carboxylic acids is 1. The number of nitrogens with zero attached hydrogens (tertiary/aromatic N) is 1. The molecule has 8 heteroatoms. The first-order valence-corrected chi connectivity index (χ1v) is 13.3. The molecule has 0 radical (unpaired) electrons. The SMILES string of the molecule is CC=COC(CCCCCCCCCCCC)CO[P+](=O)O[C@H](CC(=O)O)C[N+](C)(C)C. The first-order chi connectivity index (χ1) is 15.2. The molecule has 0 aromatic rings. The van der Waals surface area contributed by atoms with Crippen LogP contribution < -0.4 is 0 Å². The van der Waals surface area contributed by atoms with Crippen LogP contribution in [0, 0.1) is 0 Å². The third kappa shape index (κ3) is 20.9. The van der Waals surface area contributed by atoms with E-state index in [-0.39, 0.29) is 19.1 Å². The molecule has 0 aliphatic rings. The van der Waals surface area contributed by atoms with Gasteiger partial charge in [-0.05, 0) is 19.8 Å². The molecular weight excluding hydrogens is 429 g/mol. The maximum atomic E-state index is 12.3. The van der Waals surface area contributed by atoms with Crippen LogP contribution in [0.4, 0.5) is 0 Å². The van der Waals surface area contributed by atoms with Gasteiger partial charge in [0, 0.05) is 4.57 Å². The van der Waals surface area contributed by atoms with Crippen molar-refractivity contribution in [3.63, 3.8) is 0 Å². The van der Waals surface area contributed by atoms with Crippen molar-refractivity contribution in [1.82, 2.24) is 0 Å². The van der Waals surface area contributed by atoms with Crippen LogP contribution in [0.2, 0.25) is 0 Å². The van der Waals surface area contributed by atoms with Crippen molar-refractivity contribution >= 4 is 14.2 Å². The lowest BCUT2D eigenvalue weighted by Gasteiger charge is -2.25. The van der Waals surface area contributed by atoms with Gasteiger partial charge in [-0.25, -0.2) is 0 Å². The summed E-state index contributed by atoms with van der Waals surface area (Å²) < 4.78 is 29.3. The summed E-state index contributed by atoms with van der Waals surface area (Å²) in [5.41, 5.74) is 0. The van der Waals surface area contributed by atoms with Crippen LogP contribution >= 0.6 is 8.25 Å². The van der Waals surface area contributed by atoms with Crippen LogP contribution in [0.15, 0.2) is 12.3 Å². The molecular formula is C24H48NO6P+2. The van der Waals surface area contributed by atoms with E-state index < -0.39 is 20.3 Å². The summed E-state index contributed by atoms with van der Waals surface area (Å²) in [5, 5.41) is 9.08. The quantitative estimate of drug-likeness (QED) is 0.0834. The molecule has 7 nitrogen and oxygen atoms in total. The van der Waals surface area contributed by atoms with Gasteiger partial charge in [0.15, 0.2) is 6.10 Å². The van der Waals surface area contributed by atoms with E-state index in [9.17, 15) is 9.36 Å². The smallest absolute Gasteiger partial charge is 0.496 e. The standard InChI is InChI=1S/C24H47NO6P/c1-6-8-9-10-11-12-13-14-15-16-17-22(29-18-7-2)21-30-32(28)31-23(19-24(26)27)20-25(3,4)5/h7,18,22-23H,6,8-17,19-21H2,1-5H3/q+1/p+1/t22?,23-/m1/s1. The van der Waals surface area contributed by atoms with Gasteiger partial charge in [0.05, 0.1) is 33.8 Å². The van der Waals surface area contributed by atoms with Gasteiger partial charge in [0.2, 0.25) is 0 Å². The van der Waals surface area contributed by atoms with Crippen LogP contribution in [0.5, 0.6) is 0 Å². The van der Waals surface area contributed by atoms with E-state index in [4.69, 9.17) is 18.9 Å². The Labute approximate surface area is 197 Å². The molecule has 0 heterocycles. The first-order valence-electron chi connectivity index (χ1n) is 12.2. The number of hydrogen-bond acceptors (Lipinski definition) is 5. The fourth-order valence-corrected chi connectivity index (χ4v) is 4.21. The van der Waals surface area contributed by atoms with E-state index in [0.29, 0.717) is 11.0 Å². The van der Waals surface area contributed by atoms with Crippen molar-refractivity contribution in [3.8, 4) is 0 Å². The molecule has 0 aromatic carbocycles. The summed E-state index contributed by atoms with van der Waals surface area (Å²) in [7, 11) is 3.38. The summed E-state index contributed by atoms with van der Waals surface area (Å²) in [6.45, 7) is 4.70. The van der Waals surface area contributed by atoms with Gasteiger partial charge in [-0.15, -0.1) is 9.05 Å². The number of allylic oxidation sites excluding steroid dienone is 1. The predicted octanol–water partition coefficient (Wildman–Crippen LogP) is 6.46. The third-order valence-electron chi connectivity index (χ3n) is 5.04. The molecule has 2 unspecified atom stereocenters. The zero-order valence-electron chi connectivity index (χ0n) is 21.1. The second-order valence-electron chi connectivity index (χ2n) is 9.52. The van der Waals surface area contributed by atoms with Crippen LogP contribution in [0.3, 0.4) is 0 Å². The third-order valence-corrected chi connectivity index (χ3v) is 5.87. The minimum Gasteiger partial charge on any atom is -0.496 e. The minimum atomic E-state index is -2.41. The van der Waals surface area contributed by atoms with E-state index >= 15 is 0 Å². The summed E-state index contributed by atoms with van der Waals surface area (Å²) in [6, 6.07) is 0. The van der Waals surface area contributed by atoms with Crippen LogP contribution in [-0.2, 0) is 23.1 Å². The van der Waals surface area contributed by atoms with E-state index in [1.54, 1.807) is 6.26 Å². The first kappa shape index (κ1) is 31.0. The summed E-state index contributed by atoms with van der Waals surface area (Å²) in [4.78, 5) is 11.1. The zero-order valence-corrected chi connectivity index (χ0v) is 22.0. The van der Waals surface area contributed by atoms with Crippen molar-refractivity contribution in [1.29, 1.82) is 0 Å². The Morgan fingerprint density at radius 3 is 2.03 bits per heavy atom. The fraction of sp³-hybridized carbons (Fsp3) is 0.875. The average molecular weight is 478 g/mol. The maximum absolute atomic E-state index is 12.3. The Morgan fingerprint density at radius 2 is 1.53 bits per heavy atom. The van der Waals surface area contributed by atoms with Crippen molar-refractivity contribution in [2.24, 2.45) is 0 Å². The molecule has 188 valence electrons. The molecule has 32 heavy (non-hydrogen) atoms. The van der Waals surface area contributed by atoms with Gasteiger partial charge in [-0.3, -0.25) is 4.79 Å². The number of quaternary nitrogens is 1. The molecule has 1 N–H and O–H groups in total. The largest absolute Gasteiger partial charge is 0.698 e. The van der Waals surface area contributed by atoms with E-state index in [2.05, 4.69) is 6.92 Å². The normalized spacial score (nSPS) is 14.5. The maximum Gasteiger partial charge on any atom is 0.698 e. The Hall–Kier alpha value is -1.01. The minimum absolute atomic E-state index is 0.154. The van der Waals surface area contributed by atoms with E-state index in [1.807, 2.05) is 34.1 Å². The topological polar surface area (TPSA) is 82.1 Å². The number of carboxylic acid groups (broad SMARTS) is 1. The highest BCUT2D eigenvalue weighted by molar-refractivity contribution is 7.33. The zero-order chi connectivity index (χ0) is 24.2. The molecule has 0 aliphatic carbocycles. The van der Waals surface area contributed by atoms with Crippen molar-refractivity contribution in [2.45, 2.75) is 103 Å². The summed E-state index contributed by atoms with van der Waals surface area (Å²) >= 11 is 0. The molecule has 0 spiro atoms. The second kappa shape index (κ2) is 19.5. The average Bonchev–Trinajstić information content (AvgIpc) is 2.69. The van der Waals surface area contributed by atoms with Crippen molar-refractivity contribution in [3.05, 3.63) is 12.3 Å². The predicted molar refractivity (Wildman–Crippen MR) is 130 cm³/mol. The van der Waals surface area contributed by atoms with Crippen LogP contribution in [0.1, 0.15) is 90.9 Å². The molecule has 0 aliphatic heterocycles. The summed E-state index contributed by atoms with van der Waals surface area (Å²) in [5.74, 6) is -0.984. The lowest BCUT2D eigenvalue weighted by Crippen LogP contribution is -2.42. The van der Waals surface area contributed by atoms with Gasteiger partial charge in [0.25, 0.3) is 0 Å². The summed E-state index contributed by atoms with van der Waals surface area (Å²) in [6.07, 6.45) is 15.9. The highest BCUT2D eigenvalue weighted by atomic mass is 31.1. The van der Waals surface area contributed by atoms with Crippen molar-refractivity contribution in [2.75, 3.05) is 34.3 Å². The van der Waals surface area contributed by atoms with Crippen LogP contribution in [-0.4, -0.2) is 62.1 Å². The lowest BCUT2D eigenvalue weighted by atomic mass is 10.0. The molecule has 0 aromatic heterocycles. The number of aliphatic carboxylic acids is 1. The molecule has 3 atom stereocenters. The number of likely N-dealkylation sites (N-methyl/N-ethyl adjacent to an activating group) is 1. The number of ether oxygens (including phenoxy) is 1. The van der Waals surface area contributed by atoms with Gasteiger partial charge in [0.1, 0.15) is 19.3 Å². The van der Waals surface area contributed by atoms with Gasteiger partial charge in [-0.2, -0.15) is 0 Å². The number of unbranched alkanes of at least 4 members (excludes halogenated alkanes) is 9. The molecule has 0 fully saturated rings. The molecule has 0 amide bonds. The lowest BCUT2D eigenvalue weighted by molar-refractivity contribution is -0.873. The highest BCUT2D eigenvalue weighted by Crippen LogP contribution is 2.29. The second-order valence-corrected chi connectivity index (χ2v) is 10.4. The Kier molecular flexibility index (Phi) is 18.8. The van der Waals surface area contributed by atoms with Gasteiger partial charge in [-0.1, -0.05) is 70.8 Å². The Bertz CT molecular complexity index is 521. The Morgan fingerprint density at radius 1 is 0.969 bits per heavy atom. The van der Waals surface area contributed by atoms with Crippen molar-refractivity contribution < 1.29 is 32.7 Å². The fourth-order valence-electron chi connectivity index (χ4n) is 3.48. The molecule has 0 saturated heterocycles. The van der Waals surface area contributed by atoms with E-state index in [1.165, 1.54) is 51.4 Å². The highest BCUT2D eigenvalue weighted by Gasteiger charge is 2.34. The number of rotatable bonds is 22. The monoisotopic (exact) mass is 477 g/mol.